The minimum Gasteiger partial charge on any atom is -0.465 e. The molecule has 1 aromatic carbocycles. The second-order valence-electron chi connectivity index (χ2n) is 6.92. The summed E-state index contributed by atoms with van der Waals surface area (Å²) in [5, 5.41) is 9.11. The third-order valence-electron chi connectivity index (χ3n) is 4.86. The van der Waals surface area contributed by atoms with Crippen molar-refractivity contribution in [2.45, 2.75) is 12.5 Å². The average molecular weight is 446 g/mol. The molecule has 1 aliphatic heterocycles. The summed E-state index contributed by atoms with van der Waals surface area (Å²) in [6, 6.07) is 11.5. The molecule has 30 heavy (non-hydrogen) atoms. The van der Waals surface area contributed by atoms with Crippen LogP contribution >= 0.6 is 11.3 Å². The molecular formula is C20H19N3O5S2. The Bertz CT molecular complexity index is 1180. The fraction of sp³-hybridized carbons (Fsp3) is 0.250. The molecule has 0 radical (unpaired) electrons. The molecule has 156 valence electrons. The van der Waals surface area contributed by atoms with Gasteiger partial charge >= 0.3 is 5.97 Å². The second-order valence-corrected chi connectivity index (χ2v) is 10.1. The van der Waals surface area contributed by atoms with Gasteiger partial charge in [0.25, 0.3) is 5.91 Å². The molecule has 3 aromatic rings. The molecule has 1 atom stereocenters. The van der Waals surface area contributed by atoms with Crippen molar-refractivity contribution in [2.75, 3.05) is 23.9 Å². The fourth-order valence-electron chi connectivity index (χ4n) is 3.36. The van der Waals surface area contributed by atoms with Gasteiger partial charge in [-0.3, -0.25) is 9.48 Å². The fourth-order valence-corrected chi connectivity index (χ4v) is 5.79. The van der Waals surface area contributed by atoms with Crippen molar-refractivity contribution in [3.63, 3.8) is 0 Å². The molecule has 1 saturated heterocycles. The lowest BCUT2D eigenvalue weighted by molar-refractivity contribution is 0.0600. The van der Waals surface area contributed by atoms with Crippen LogP contribution in [0.5, 0.6) is 0 Å². The van der Waals surface area contributed by atoms with Gasteiger partial charge in [-0.1, -0.05) is 6.07 Å². The highest BCUT2D eigenvalue weighted by molar-refractivity contribution is 7.91. The zero-order chi connectivity index (χ0) is 21.3. The first-order valence-electron chi connectivity index (χ1n) is 9.20. The van der Waals surface area contributed by atoms with Crippen molar-refractivity contribution in [1.29, 1.82) is 0 Å². The van der Waals surface area contributed by atoms with E-state index in [-0.39, 0.29) is 23.2 Å². The normalized spacial score (nSPS) is 17.6. The molecule has 1 aliphatic rings. The highest BCUT2D eigenvalue weighted by Gasteiger charge is 2.32. The largest absolute Gasteiger partial charge is 0.465 e. The number of nitrogens with zero attached hydrogens (tertiary/aromatic N) is 2. The average Bonchev–Trinajstić information content (AvgIpc) is 3.46. The van der Waals surface area contributed by atoms with E-state index in [9.17, 15) is 18.0 Å². The summed E-state index contributed by atoms with van der Waals surface area (Å²) in [5.74, 6) is -0.740. The zero-order valence-corrected chi connectivity index (χ0v) is 17.7. The number of nitrogens with one attached hydrogen (secondary N) is 1. The summed E-state index contributed by atoms with van der Waals surface area (Å²) in [7, 11) is -1.80. The smallest absolute Gasteiger partial charge is 0.337 e. The van der Waals surface area contributed by atoms with E-state index < -0.39 is 21.7 Å². The number of ether oxygens (including phenoxy) is 1. The number of rotatable bonds is 5. The topological polar surface area (TPSA) is 107 Å². The number of benzene rings is 1. The number of carbonyl (C=O) groups excluding carboxylic acids is 2. The van der Waals surface area contributed by atoms with E-state index in [1.807, 2.05) is 17.5 Å². The Morgan fingerprint density at radius 2 is 2.00 bits per heavy atom. The first-order chi connectivity index (χ1) is 14.4. The number of methoxy groups -OCH3 is 1. The van der Waals surface area contributed by atoms with E-state index in [0.717, 1.165) is 10.6 Å². The summed E-state index contributed by atoms with van der Waals surface area (Å²) in [4.78, 5) is 25.2. The predicted octanol–water partition coefficient (Wildman–Crippen LogP) is 3.01. The predicted molar refractivity (Wildman–Crippen MR) is 114 cm³/mol. The lowest BCUT2D eigenvalue weighted by Crippen LogP contribution is -2.16. The zero-order valence-electron chi connectivity index (χ0n) is 16.1. The van der Waals surface area contributed by atoms with Crippen LogP contribution in [-0.2, 0) is 14.6 Å². The summed E-state index contributed by atoms with van der Waals surface area (Å²) in [6.45, 7) is 0. The standard InChI is InChI=1S/C20H19N3O5S2/c1-28-20(25)13-4-6-14(7-5-13)21-19(24)16-11-17(18-3-2-9-29-18)23(22-16)15-8-10-30(26,27)12-15/h2-7,9,11,15H,8,10,12H2,1H3,(H,21,24). The summed E-state index contributed by atoms with van der Waals surface area (Å²) in [5.41, 5.74) is 1.79. The molecule has 1 N–H and O–H groups in total. The van der Waals surface area contributed by atoms with Gasteiger partial charge in [-0.2, -0.15) is 5.10 Å². The van der Waals surface area contributed by atoms with E-state index in [1.165, 1.54) is 18.4 Å². The Kier molecular flexibility index (Phi) is 5.44. The number of sulfone groups is 1. The van der Waals surface area contributed by atoms with Crippen LogP contribution in [0.1, 0.15) is 33.3 Å². The molecule has 1 fully saturated rings. The molecule has 0 saturated carbocycles. The van der Waals surface area contributed by atoms with Crippen LogP contribution in [0.25, 0.3) is 10.6 Å². The number of hydrogen-bond acceptors (Lipinski definition) is 7. The Balaban J connectivity index is 1.60. The van der Waals surface area contributed by atoms with Gasteiger partial charge < -0.3 is 10.1 Å². The van der Waals surface area contributed by atoms with Crippen molar-refractivity contribution < 1.29 is 22.7 Å². The first kappa shape index (κ1) is 20.3. The third kappa shape index (κ3) is 4.14. The van der Waals surface area contributed by atoms with Gasteiger partial charge in [0, 0.05) is 5.69 Å². The molecule has 0 spiro atoms. The number of aromatic nitrogens is 2. The SMILES string of the molecule is COC(=O)c1ccc(NC(=O)c2cc(-c3cccs3)n(C3CCS(=O)(=O)C3)n2)cc1. The van der Waals surface area contributed by atoms with E-state index in [0.29, 0.717) is 17.7 Å². The van der Waals surface area contributed by atoms with Crippen LogP contribution < -0.4 is 5.32 Å². The molecule has 10 heteroatoms. The molecule has 8 nitrogen and oxygen atoms in total. The van der Waals surface area contributed by atoms with Gasteiger partial charge in [0.15, 0.2) is 15.5 Å². The maximum atomic E-state index is 12.8. The van der Waals surface area contributed by atoms with Gasteiger partial charge in [-0.15, -0.1) is 11.3 Å². The van der Waals surface area contributed by atoms with Gasteiger partial charge in [0.05, 0.1) is 40.8 Å². The lowest BCUT2D eigenvalue weighted by atomic mass is 10.2. The Morgan fingerprint density at radius 1 is 1.23 bits per heavy atom. The molecule has 1 unspecified atom stereocenters. The van der Waals surface area contributed by atoms with Gasteiger partial charge in [-0.25, -0.2) is 13.2 Å². The number of anilines is 1. The van der Waals surface area contributed by atoms with Crippen LogP contribution in [0.15, 0.2) is 47.8 Å². The van der Waals surface area contributed by atoms with E-state index in [1.54, 1.807) is 35.0 Å². The van der Waals surface area contributed by atoms with Crippen molar-refractivity contribution in [3.05, 3.63) is 59.1 Å². The maximum absolute atomic E-state index is 12.8. The minimum atomic E-state index is -3.10. The number of hydrogen-bond donors (Lipinski definition) is 1. The van der Waals surface area contributed by atoms with Crippen LogP contribution in [0.4, 0.5) is 5.69 Å². The Hall–Kier alpha value is -2.98. The Morgan fingerprint density at radius 3 is 2.60 bits per heavy atom. The first-order valence-corrected chi connectivity index (χ1v) is 11.9. The van der Waals surface area contributed by atoms with Crippen LogP contribution in [-0.4, -0.2) is 48.7 Å². The monoisotopic (exact) mass is 445 g/mol. The molecule has 0 bridgehead atoms. The third-order valence-corrected chi connectivity index (χ3v) is 7.50. The van der Waals surface area contributed by atoms with Crippen molar-refractivity contribution in [3.8, 4) is 10.6 Å². The molecule has 3 heterocycles. The highest BCUT2D eigenvalue weighted by atomic mass is 32.2. The summed E-state index contributed by atoms with van der Waals surface area (Å²) >= 11 is 1.50. The minimum absolute atomic E-state index is 0.0170. The van der Waals surface area contributed by atoms with Gasteiger partial charge in [0.1, 0.15) is 0 Å². The molecule has 4 rings (SSSR count). The van der Waals surface area contributed by atoms with E-state index >= 15 is 0 Å². The second kappa shape index (κ2) is 8.04. The lowest BCUT2D eigenvalue weighted by Gasteiger charge is -2.12. The molecular weight excluding hydrogens is 426 g/mol. The quantitative estimate of drug-likeness (QED) is 0.605. The number of esters is 1. The molecule has 1 amide bonds. The molecule has 2 aromatic heterocycles. The van der Waals surface area contributed by atoms with Crippen LogP contribution in [0, 0.1) is 0 Å². The van der Waals surface area contributed by atoms with Crippen molar-refractivity contribution >= 4 is 38.7 Å². The van der Waals surface area contributed by atoms with E-state index in [4.69, 9.17) is 0 Å². The molecule has 0 aliphatic carbocycles. The van der Waals surface area contributed by atoms with E-state index in [2.05, 4.69) is 15.2 Å². The number of amides is 1. The van der Waals surface area contributed by atoms with Crippen LogP contribution in [0.3, 0.4) is 0 Å². The maximum Gasteiger partial charge on any atom is 0.337 e. The summed E-state index contributed by atoms with van der Waals surface area (Å²) < 4.78 is 30.2. The van der Waals surface area contributed by atoms with Gasteiger partial charge in [0.2, 0.25) is 0 Å². The number of carbonyl (C=O) groups is 2. The Labute approximate surface area is 177 Å². The van der Waals surface area contributed by atoms with Crippen molar-refractivity contribution in [1.82, 2.24) is 9.78 Å². The van der Waals surface area contributed by atoms with Gasteiger partial charge in [-0.05, 0) is 48.2 Å². The van der Waals surface area contributed by atoms with Crippen LogP contribution in [0.2, 0.25) is 0 Å². The highest BCUT2D eigenvalue weighted by Crippen LogP contribution is 2.32. The van der Waals surface area contributed by atoms with Crippen molar-refractivity contribution in [2.24, 2.45) is 0 Å². The summed E-state index contributed by atoms with van der Waals surface area (Å²) in [6.07, 6.45) is 0.471. The number of thiophene rings is 1.